The Morgan fingerprint density at radius 3 is 2.73 bits per heavy atom. The van der Waals surface area contributed by atoms with E-state index in [1.54, 1.807) is 11.3 Å². The van der Waals surface area contributed by atoms with Crippen LogP contribution in [0, 0.1) is 0 Å². The fraction of sp³-hybridized carbons (Fsp3) is 0.500. The largest absolute Gasteiger partial charge is 0.152 e. The summed E-state index contributed by atoms with van der Waals surface area (Å²) < 4.78 is 0.731. The molecule has 0 aliphatic carbocycles. The number of rotatable bonds is 1. The smallest absolute Gasteiger partial charge is 0.0759 e. The zero-order valence-electron chi connectivity index (χ0n) is 6.16. The van der Waals surface area contributed by atoms with Crippen molar-refractivity contribution in [1.29, 1.82) is 0 Å². The standard InChI is InChI=1S/C8H10S3/c1-3-10-8(11-4-1)7-2-5-9-6-7/h2,5-6,8H,1,3-4H2. The summed E-state index contributed by atoms with van der Waals surface area (Å²) in [6, 6.07) is 2.25. The summed E-state index contributed by atoms with van der Waals surface area (Å²) in [7, 11) is 0. The molecule has 1 saturated heterocycles. The second kappa shape index (κ2) is 3.87. The first-order valence-corrected chi connectivity index (χ1v) is 6.76. The molecule has 2 rings (SSSR count). The molecular formula is C8H10S3. The van der Waals surface area contributed by atoms with Crippen LogP contribution in [0.4, 0.5) is 0 Å². The van der Waals surface area contributed by atoms with Gasteiger partial charge in [0.25, 0.3) is 0 Å². The van der Waals surface area contributed by atoms with Gasteiger partial charge in [-0.2, -0.15) is 11.3 Å². The van der Waals surface area contributed by atoms with Crippen LogP contribution in [0.25, 0.3) is 0 Å². The Kier molecular flexibility index (Phi) is 2.82. The Labute approximate surface area is 79.8 Å². The van der Waals surface area contributed by atoms with Gasteiger partial charge in [0.1, 0.15) is 0 Å². The SMILES string of the molecule is c1cc(C2SCCCS2)cs1. The fourth-order valence-corrected chi connectivity index (χ4v) is 4.82. The van der Waals surface area contributed by atoms with Gasteiger partial charge in [0.05, 0.1) is 4.58 Å². The lowest BCUT2D eigenvalue weighted by Crippen LogP contribution is -1.98. The van der Waals surface area contributed by atoms with Crippen LogP contribution in [0.15, 0.2) is 16.8 Å². The average molecular weight is 202 g/mol. The lowest BCUT2D eigenvalue weighted by molar-refractivity contribution is 1.10. The van der Waals surface area contributed by atoms with Crippen molar-refractivity contribution in [1.82, 2.24) is 0 Å². The molecule has 0 unspecified atom stereocenters. The molecule has 0 radical (unpaired) electrons. The van der Waals surface area contributed by atoms with Crippen LogP contribution in [0.1, 0.15) is 16.6 Å². The van der Waals surface area contributed by atoms with Gasteiger partial charge in [0, 0.05) is 0 Å². The van der Waals surface area contributed by atoms with E-state index in [9.17, 15) is 0 Å². The normalized spacial score (nSPS) is 20.4. The van der Waals surface area contributed by atoms with E-state index in [4.69, 9.17) is 0 Å². The minimum absolute atomic E-state index is 0.731. The molecule has 1 fully saturated rings. The van der Waals surface area contributed by atoms with Crippen LogP contribution < -0.4 is 0 Å². The summed E-state index contributed by atoms with van der Waals surface area (Å²) in [5, 5.41) is 4.45. The van der Waals surface area contributed by atoms with Crippen molar-refractivity contribution >= 4 is 34.9 Å². The molecule has 1 aliphatic heterocycles. The summed E-state index contributed by atoms with van der Waals surface area (Å²) in [5.74, 6) is 2.68. The third-order valence-electron chi connectivity index (χ3n) is 1.64. The van der Waals surface area contributed by atoms with E-state index < -0.39 is 0 Å². The van der Waals surface area contributed by atoms with E-state index in [0.717, 1.165) is 4.58 Å². The van der Waals surface area contributed by atoms with E-state index in [1.807, 2.05) is 0 Å². The van der Waals surface area contributed by atoms with E-state index in [0.29, 0.717) is 0 Å². The van der Waals surface area contributed by atoms with Crippen LogP contribution in [-0.2, 0) is 0 Å². The van der Waals surface area contributed by atoms with Gasteiger partial charge in [-0.05, 0) is 40.3 Å². The Hall–Kier alpha value is 0.400. The van der Waals surface area contributed by atoms with Crippen LogP contribution in [0.3, 0.4) is 0 Å². The van der Waals surface area contributed by atoms with Crippen LogP contribution in [0.2, 0.25) is 0 Å². The van der Waals surface area contributed by atoms with Gasteiger partial charge in [-0.1, -0.05) is 0 Å². The van der Waals surface area contributed by atoms with E-state index in [2.05, 4.69) is 40.4 Å². The summed E-state index contributed by atoms with van der Waals surface area (Å²) in [6.45, 7) is 0. The topological polar surface area (TPSA) is 0 Å². The number of hydrogen-bond donors (Lipinski definition) is 0. The minimum atomic E-state index is 0.731. The van der Waals surface area contributed by atoms with Crippen molar-refractivity contribution in [3.8, 4) is 0 Å². The highest BCUT2D eigenvalue weighted by molar-refractivity contribution is 8.16. The number of thioether (sulfide) groups is 2. The number of hydrogen-bond acceptors (Lipinski definition) is 3. The molecule has 2 heterocycles. The van der Waals surface area contributed by atoms with Gasteiger partial charge in [-0.3, -0.25) is 0 Å². The average Bonchev–Trinajstić information content (AvgIpc) is 2.58. The van der Waals surface area contributed by atoms with Gasteiger partial charge < -0.3 is 0 Å². The highest BCUT2D eigenvalue weighted by atomic mass is 32.2. The highest BCUT2D eigenvalue weighted by Crippen LogP contribution is 2.43. The van der Waals surface area contributed by atoms with Gasteiger partial charge in [-0.25, -0.2) is 0 Å². The molecule has 0 amide bonds. The van der Waals surface area contributed by atoms with Gasteiger partial charge in [0.2, 0.25) is 0 Å². The molecule has 1 aromatic heterocycles. The molecule has 0 aromatic carbocycles. The Balaban J connectivity index is 2.04. The Bertz CT molecular complexity index is 199. The summed E-state index contributed by atoms with van der Waals surface area (Å²) >= 11 is 5.99. The zero-order chi connectivity index (χ0) is 7.52. The maximum Gasteiger partial charge on any atom is 0.0759 e. The van der Waals surface area contributed by atoms with E-state index >= 15 is 0 Å². The summed E-state index contributed by atoms with van der Waals surface area (Å²) in [5.41, 5.74) is 1.52. The van der Waals surface area contributed by atoms with Crippen molar-refractivity contribution in [3.63, 3.8) is 0 Å². The lowest BCUT2D eigenvalue weighted by Gasteiger charge is -2.19. The second-order valence-electron chi connectivity index (χ2n) is 2.48. The molecule has 1 aromatic rings. The first kappa shape index (κ1) is 8.02. The maximum absolute atomic E-state index is 2.27. The molecule has 60 valence electrons. The highest BCUT2D eigenvalue weighted by Gasteiger charge is 2.15. The Morgan fingerprint density at radius 2 is 2.09 bits per heavy atom. The first-order valence-electron chi connectivity index (χ1n) is 3.72. The lowest BCUT2D eigenvalue weighted by atomic mass is 10.4. The van der Waals surface area contributed by atoms with Gasteiger partial charge in [0.15, 0.2) is 0 Å². The third kappa shape index (κ3) is 1.95. The molecule has 0 spiro atoms. The zero-order valence-corrected chi connectivity index (χ0v) is 8.60. The van der Waals surface area contributed by atoms with Gasteiger partial charge >= 0.3 is 0 Å². The maximum atomic E-state index is 2.27. The van der Waals surface area contributed by atoms with Crippen molar-refractivity contribution in [2.75, 3.05) is 11.5 Å². The molecule has 0 nitrogen and oxygen atoms in total. The van der Waals surface area contributed by atoms with Gasteiger partial charge in [-0.15, -0.1) is 23.5 Å². The van der Waals surface area contributed by atoms with Crippen molar-refractivity contribution < 1.29 is 0 Å². The van der Waals surface area contributed by atoms with Crippen LogP contribution in [0.5, 0.6) is 0 Å². The monoisotopic (exact) mass is 202 g/mol. The quantitative estimate of drug-likeness (QED) is 0.682. The van der Waals surface area contributed by atoms with Crippen molar-refractivity contribution in [2.24, 2.45) is 0 Å². The summed E-state index contributed by atoms with van der Waals surface area (Å²) in [6.07, 6.45) is 1.38. The van der Waals surface area contributed by atoms with Crippen molar-refractivity contribution in [2.45, 2.75) is 11.0 Å². The Morgan fingerprint density at radius 1 is 1.27 bits per heavy atom. The molecular weight excluding hydrogens is 192 g/mol. The minimum Gasteiger partial charge on any atom is -0.152 e. The second-order valence-corrected chi connectivity index (χ2v) is 5.99. The molecule has 0 bridgehead atoms. The molecule has 1 aliphatic rings. The predicted molar refractivity (Wildman–Crippen MR) is 56.6 cm³/mol. The van der Waals surface area contributed by atoms with E-state index in [-0.39, 0.29) is 0 Å². The van der Waals surface area contributed by atoms with Crippen molar-refractivity contribution in [3.05, 3.63) is 22.4 Å². The molecule has 0 atom stereocenters. The molecule has 0 N–H and O–H groups in total. The number of thiophene rings is 1. The van der Waals surface area contributed by atoms with Crippen LogP contribution >= 0.6 is 34.9 Å². The predicted octanol–water partition coefficient (Wildman–Crippen LogP) is 3.62. The van der Waals surface area contributed by atoms with Crippen LogP contribution in [-0.4, -0.2) is 11.5 Å². The molecule has 0 saturated carbocycles. The van der Waals surface area contributed by atoms with E-state index in [1.165, 1.54) is 23.5 Å². The molecule has 11 heavy (non-hydrogen) atoms. The molecule has 3 heteroatoms. The first-order chi connectivity index (χ1) is 5.47. The third-order valence-corrected chi connectivity index (χ3v) is 5.36. The fourth-order valence-electron chi connectivity index (χ4n) is 1.09. The summed E-state index contributed by atoms with van der Waals surface area (Å²) in [4.78, 5) is 0.